The monoisotopic (exact) mass is 361 g/mol. The molecule has 26 heavy (non-hydrogen) atoms. The third-order valence-corrected chi connectivity index (χ3v) is 3.91. The number of aryl methyl sites for hydroxylation is 1. The Balaban J connectivity index is 1.86. The van der Waals surface area contributed by atoms with E-state index in [9.17, 15) is 9.59 Å². The molecule has 0 radical (unpaired) electrons. The summed E-state index contributed by atoms with van der Waals surface area (Å²) in [6.45, 7) is 4.15. The Morgan fingerprint density at radius 2 is 1.96 bits per heavy atom. The molecular formula is C18H23N3O5. The van der Waals surface area contributed by atoms with Crippen LogP contribution in [0.3, 0.4) is 0 Å². The molecule has 0 fully saturated rings. The highest BCUT2D eigenvalue weighted by Crippen LogP contribution is 2.20. The summed E-state index contributed by atoms with van der Waals surface area (Å²) in [6.07, 6.45) is -0.680. The largest absolute Gasteiger partial charge is 0.479 e. The van der Waals surface area contributed by atoms with E-state index in [1.54, 1.807) is 0 Å². The zero-order chi connectivity index (χ0) is 19.1. The second-order valence-electron chi connectivity index (χ2n) is 6.16. The van der Waals surface area contributed by atoms with E-state index < -0.39 is 12.1 Å². The van der Waals surface area contributed by atoms with Crippen LogP contribution in [0.4, 0.5) is 0 Å². The van der Waals surface area contributed by atoms with Gasteiger partial charge in [0, 0.05) is 25.5 Å². The minimum atomic E-state index is -1.13. The normalized spacial score (nSPS) is 12.2. The molecular weight excluding hydrogens is 338 g/mol. The van der Waals surface area contributed by atoms with Crippen molar-refractivity contribution in [2.45, 2.75) is 38.7 Å². The van der Waals surface area contributed by atoms with E-state index in [-0.39, 0.29) is 25.3 Å². The number of benzene rings is 1. The molecule has 0 spiro atoms. The van der Waals surface area contributed by atoms with Crippen molar-refractivity contribution >= 4 is 11.9 Å². The van der Waals surface area contributed by atoms with Crippen LogP contribution < -0.4 is 5.32 Å². The fourth-order valence-corrected chi connectivity index (χ4v) is 2.28. The van der Waals surface area contributed by atoms with Crippen molar-refractivity contribution < 1.29 is 24.0 Å². The molecule has 8 heteroatoms. The Hall–Kier alpha value is -2.74. The van der Waals surface area contributed by atoms with Crippen LogP contribution in [-0.2, 0) is 20.7 Å². The number of hydrogen-bond donors (Lipinski definition) is 2. The molecule has 0 bridgehead atoms. The lowest BCUT2D eigenvalue weighted by Gasteiger charge is -2.10. The van der Waals surface area contributed by atoms with Crippen LogP contribution in [0, 0.1) is 0 Å². The smallest absolute Gasteiger partial charge is 0.334 e. The molecule has 2 rings (SSSR count). The number of carboxylic acids is 1. The van der Waals surface area contributed by atoms with E-state index in [1.165, 1.54) is 12.7 Å². The highest BCUT2D eigenvalue weighted by Gasteiger charge is 2.17. The van der Waals surface area contributed by atoms with Crippen LogP contribution in [0.15, 0.2) is 28.8 Å². The first-order valence-corrected chi connectivity index (χ1v) is 8.36. The summed E-state index contributed by atoms with van der Waals surface area (Å²) in [4.78, 5) is 26.9. The highest BCUT2D eigenvalue weighted by atomic mass is 16.5. The molecule has 1 aromatic heterocycles. The van der Waals surface area contributed by atoms with Crippen molar-refractivity contribution in [1.82, 2.24) is 15.5 Å². The zero-order valence-electron chi connectivity index (χ0n) is 15.1. The van der Waals surface area contributed by atoms with Crippen LogP contribution in [0.25, 0.3) is 11.4 Å². The van der Waals surface area contributed by atoms with Gasteiger partial charge in [0.25, 0.3) is 0 Å². The SMILES string of the molecule is COC(CNC(=O)CCc1nc(-c2ccc(C(C)C)cc2)no1)C(=O)O. The predicted molar refractivity (Wildman–Crippen MR) is 93.6 cm³/mol. The highest BCUT2D eigenvalue weighted by molar-refractivity contribution is 5.78. The number of carbonyl (C=O) groups excluding carboxylic acids is 1. The van der Waals surface area contributed by atoms with Crippen molar-refractivity contribution in [2.75, 3.05) is 13.7 Å². The lowest BCUT2D eigenvalue weighted by molar-refractivity contribution is -0.148. The van der Waals surface area contributed by atoms with E-state index in [1.807, 2.05) is 24.3 Å². The zero-order valence-corrected chi connectivity index (χ0v) is 15.1. The van der Waals surface area contributed by atoms with Gasteiger partial charge in [0.05, 0.1) is 6.54 Å². The first-order chi connectivity index (χ1) is 12.4. The fourth-order valence-electron chi connectivity index (χ4n) is 2.28. The molecule has 0 aliphatic rings. The minimum absolute atomic E-state index is 0.0953. The lowest BCUT2D eigenvalue weighted by atomic mass is 10.0. The Bertz CT molecular complexity index is 740. The summed E-state index contributed by atoms with van der Waals surface area (Å²) in [6, 6.07) is 7.93. The number of ether oxygens (including phenoxy) is 1. The Labute approximate surface area is 151 Å². The molecule has 0 aliphatic heterocycles. The molecule has 0 saturated heterocycles. The van der Waals surface area contributed by atoms with E-state index in [4.69, 9.17) is 14.4 Å². The summed E-state index contributed by atoms with van der Waals surface area (Å²) < 4.78 is 9.92. The third kappa shape index (κ3) is 5.38. The number of carboxylic acid groups (broad SMARTS) is 1. The van der Waals surface area contributed by atoms with Crippen molar-refractivity contribution in [1.29, 1.82) is 0 Å². The van der Waals surface area contributed by atoms with Gasteiger partial charge in [0.1, 0.15) is 0 Å². The summed E-state index contributed by atoms with van der Waals surface area (Å²) in [7, 11) is 1.28. The maximum Gasteiger partial charge on any atom is 0.334 e. The van der Waals surface area contributed by atoms with Crippen molar-refractivity contribution in [3.8, 4) is 11.4 Å². The average molecular weight is 361 g/mol. The van der Waals surface area contributed by atoms with Gasteiger partial charge in [-0.1, -0.05) is 43.3 Å². The standard InChI is InChI=1S/C18H23N3O5/c1-11(2)12-4-6-13(7-5-12)17-20-16(26-21-17)9-8-15(22)19-10-14(25-3)18(23)24/h4-7,11,14H,8-10H2,1-3H3,(H,19,22)(H,23,24). The van der Waals surface area contributed by atoms with Crippen molar-refractivity contribution in [3.05, 3.63) is 35.7 Å². The molecule has 0 saturated carbocycles. The summed E-state index contributed by atoms with van der Waals surface area (Å²) in [5, 5.41) is 15.3. The van der Waals surface area contributed by atoms with Gasteiger partial charge in [-0.15, -0.1) is 0 Å². The number of aromatic nitrogens is 2. The maximum atomic E-state index is 11.8. The van der Waals surface area contributed by atoms with Gasteiger partial charge in [-0.25, -0.2) is 4.79 Å². The Kier molecular flexibility index (Phi) is 6.85. The van der Waals surface area contributed by atoms with Crippen LogP contribution >= 0.6 is 0 Å². The summed E-state index contributed by atoms with van der Waals surface area (Å²) in [5.41, 5.74) is 2.07. The number of amides is 1. The number of nitrogens with zero attached hydrogens (tertiary/aromatic N) is 2. The molecule has 2 N–H and O–H groups in total. The van der Waals surface area contributed by atoms with Gasteiger partial charge in [-0.05, 0) is 11.5 Å². The minimum Gasteiger partial charge on any atom is -0.479 e. The molecule has 8 nitrogen and oxygen atoms in total. The van der Waals surface area contributed by atoms with Crippen molar-refractivity contribution in [2.24, 2.45) is 0 Å². The van der Waals surface area contributed by atoms with Gasteiger partial charge in [0.2, 0.25) is 17.6 Å². The van der Waals surface area contributed by atoms with E-state index in [0.717, 1.165) is 5.56 Å². The number of rotatable bonds is 9. The predicted octanol–water partition coefficient (Wildman–Crippen LogP) is 2.01. The third-order valence-electron chi connectivity index (χ3n) is 3.91. The second kappa shape index (κ2) is 9.10. The van der Waals surface area contributed by atoms with Crippen LogP contribution in [-0.4, -0.2) is 46.9 Å². The first kappa shape index (κ1) is 19.6. The summed E-state index contributed by atoms with van der Waals surface area (Å²) >= 11 is 0. The van der Waals surface area contributed by atoms with Gasteiger partial charge >= 0.3 is 5.97 Å². The molecule has 1 atom stereocenters. The topological polar surface area (TPSA) is 115 Å². The number of carbonyl (C=O) groups is 2. The number of methoxy groups -OCH3 is 1. The molecule has 1 heterocycles. The van der Waals surface area contributed by atoms with Crippen molar-refractivity contribution in [3.63, 3.8) is 0 Å². The molecule has 2 aromatic rings. The molecule has 1 aromatic carbocycles. The summed E-state index contributed by atoms with van der Waals surface area (Å²) in [5.74, 6) is -0.167. The van der Waals surface area contributed by atoms with E-state index in [2.05, 4.69) is 29.3 Å². The van der Waals surface area contributed by atoms with E-state index in [0.29, 0.717) is 17.6 Å². The Morgan fingerprint density at radius 1 is 1.27 bits per heavy atom. The van der Waals surface area contributed by atoms with E-state index >= 15 is 0 Å². The van der Waals surface area contributed by atoms with Gasteiger partial charge in [-0.3, -0.25) is 4.79 Å². The number of aliphatic carboxylic acids is 1. The number of hydrogen-bond acceptors (Lipinski definition) is 6. The molecule has 0 aliphatic carbocycles. The second-order valence-corrected chi connectivity index (χ2v) is 6.16. The molecule has 1 amide bonds. The Morgan fingerprint density at radius 3 is 2.54 bits per heavy atom. The average Bonchev–Trinajstić information content (AvgIpc) is 3.09. The van der Waals surface area contributed by atoms with Crippen LogP contribution in [0.2, 0.25) is 0 Å². The number of nitrogens with one attached hydrogen (secondary N) is 1. The first-order valence-electron chi connectivity index (χ1n) is 8.36. The van der Waals surface area contributed by atoms with Gasteiger partial charge in [0.15, 0.2) is 6.10 Å². The van der Waals surface area contributed by atoms with Crippen LogP contribution in [0.1, 0.15) is 37.6 Å². The quantitative estimate of drug-likeness (QED) is 0.702. The lowest BCUT2D eigenvalue weighted by Crippen LogP contribution is -2.37. The molecule has 1 unspecified atom stereocenters. The van der Waals surface area contributed by atoms with Crippen LogP contribution in [0.5, 0.6) is 0 Å². The molecule has 140 valence electrons. The maximum absolute atomic E-state index is 11.8. The van der Waals surface area contributed by atoms with Gasteiger partial charge in [-0.2, -0.15) is 4.98 Å². The fraction of sp³-hybridized carbons (Fsp3) is 0.444. The van der Waals surface area contributed by atoms with Gasteiger partial charge < -0.3 is 19.7 Å².